The summed E-state index contributed by atoms with van der Waals surface area (Å²) in [5.74, 6) is 1.19. The van der Waals surface area contributed by atoms with Crippen molar-refractivity contribution in [1.82, 2.24) is 9.78 Å². The molecule has 0 radical (unpaired) electrons. The highest BCUT2D eigenvalue weighted by molar-refractivity contribution is 7.73. The van der Waals surface area contributed by atoms with E-state index in [1.807, 2.05) is 16.9 Å². The van der Waals surface area contributed by atoms with E-state index < -0.39 is 0 Å². The Hall–Kier alpha value is -2.29. The summed E-state index contributed by atoms with van der Waals surface area (Å²) < 4.78 is 2.78. The highest BCUT2D eigenvalue weighted by atomic mass is 32.1. The number of hydrogen-bond donors (Lipinski definition) is 2. The van der Waals surface area contributed by atoms with Crippen LogP contribution in [0, 0.1) is 17.8 Å². The van der Waals surface area contributed by atoms with Crippen LogP contribution in [-0.4, -0.2) is 36.0 Å². The third-order valence-electron chi connectivity index (χ3n) is 5.24. The number of H-pyrrole nitrogens is 1. The first-order valence-corrected chi connectivity index (χ1v) is 10.8. The fraction of sp³-hybridized carbons (Fsp3) is 0.350. The quantitative estimate of drug-likeness (QED) is 0.629. The van der Waals surface area contributed by atoms with Crippen LogP contribution in [-0.2, 0) is 6.67 Å². The number of aryl methyl sites for hydroxylation is 2. The first-order chi connectivity index (χ1) is 13.6. The van der Waals surface area contributed by atoms with Crippen molar-refractivity contribution in [3.05, 3.63) is 57.7 Å². The molecule has 1 aliphatic rings. The number of aromatic nitrogens is 3. The van der Waals surface area contributed by atoms with E-state index in [2.05, 4.69) is 59.4 Å². The van der Waals surface area contributed by atoms with Gasteiger partial charge in [-0.15, -0.1) is 5.10 Å². The summed E-state index contributed by atoms with van der Waals surface area (Å²) in [7, 11) is 0. The van der Waals surface area contributed by atoms with E-state index in [0.717, 1.165) is 47.6 Å². The number of rotatable bonds is 5. The number of quaternary nitrogens is 1. The number of nitrogens with zero attached hydrogens (tertiary/aromatic N) is 3. The molecule has 0 spiro atoms. The van der Waals surface area contributed by atoms with Crippen LogP contribution in [0.1, 0.15) is 11.1 Å². The third-order valence-corrected chi connectivity index (χ3v) is 6.46. The standard InChI is InChI=1S/C20H24N6S2/c1-15-6-7-17(13-16(15)2)22-19-23-26(20(27)28-19)14-24-9-11-25(12-10-24)18-5-3-4-8-21-18/h3-8,13H,9-12,14H2,1-2H3,(H,22,23)/p+2. The minimum absolute atomic E-state index is 0.816. The van der Waals surface area contributed by atoms with Gasteiger partial charge < -0.3 is 10.2 Å². The molecule has 1 fully saturated rings. The molecule has 0 amide bonds. The van der Waals surface area contributed by atoms with Gasteiger partial charge in [0, 0.05) is 11.8 Å². The second-order valence-electron chi connectivity index (χ2n) is 7.24. The summed E-state index contributed by atoms with van der Waals surface area (Å²) in [5.41, 5.74) is 3.62. The highest BCUT2D eigenvalue weighted by Crippen LogP contribution is 2.22. The molecular formula is C20H26N6S2+2. The molecule has 1 saturated heterocycles. The molecule has 6 nitrogen and oxygen atoms in total. The van der Waals surface area contributed by atoms with Crippen molar-refractivity contribution < 1.29 is 9.88 Å². The van der Waals surface area contributed by atoms with Crippen molar-refractivity contribution in [2.45, 2.75) is 20.5 Å². The van der Waals surface area contributed by atoms with Crippen LogP contribution in [0.25, 0.3) is 0 Å². The number of aromatic amines is 1. The van der Waals surface area contributed by atoms with Gasteiger partial charge in [-0.25, -0.2) is 4.98 Å². The van der Waals surface area contributed by atoms with Crippen molar-refractivity contribution in [2.75, 3.05) is 36.4 Å². The van der Waals surface area contributed by atoms with Gasteiger partial charge in [0.2, 0.25) is 5.13 Å². The number of benzene rings is 1. The minimum atomic E-state index is 0.816. The zero-order chi connectivity index (χ0) is 19.5. The second-order valence-corrected chi connectivity index (χ2v) is 8.86. The number of hydrogen-bond acceptors (Lipinski definition) is 5. The van der Waals surface area contributed by atoms with Crippen molar-refractivity contribution in [2.24, 2.45) is 0 Å². The largest absolute Gasteiger partial charge is 0.330 e. The van der Waals surface area contributed by atoms with E-state index >= 15 is 0 Å². The molecule has 0 atom stereocenters. The van der Waals surface area contributed by atoms with Crippen LogP contribution in [0.2, 0.25) is 0 Å². The smallest absolute Gasteiger partial charge is 0.274 e. The van der Waals surface area contributed by atoms with Gasteiger partial charge in [0.1, 0.15) is 26.2 Å². The first kappa shape index (κ1) is 19.0. The summed E-state index contributed by atoms with van der Waals surface area (Å²) in [6.07, 6.45) is 1.98. The SMILES string of the molecule is Cc1ccc(Nc2nn(C[NH+]3CCN(c4cccc[nH+]4)CC3)c(=S)s2)cc1C. The summed E-state index contributed by atoms with van der Waals surface area (Å²) in [5, 5.41) is 8.96. The lowest BCUT2D eigenvalue weighted by molar-refractivity contribution is -0.924. The molecule has 0 bridgehead atoms. The maximum absolute atomic E-state index is 5.55. The topological polar surface area (TPSA) is 51.7 Å². The molecule has 0 unspecified atom stereocenters. The Bertz CT molecular complexity index is 989. The van der Waals surface area contributed by atoms with Gasteiger partial charge in [-0.3, -0.25) is 4.90 Å². The van der Waals surface area contributed by atoms with Crippen LogP contribution in [0.4, 0.5) is 16.6 Å². The Kier molecular flexibility index (Phi) is 5.70. The monoisotopic (exact) mass is 414 g/mol. The zero-order valence-electron chi connectivity index (χ0n) is 16.2. The third kappa shape index (κ3) is 4.40. The minimum Gasteiger partial charge on any atom is -0.330 e. The number of nitrogens with one attached hydrogen (secondary N) is 3. The zero-order valence-corrected chi connectivity index (χ0v) is 17.9. The van der Waals surface area contributed by atoms with Crippen LogP contribution < -0.4 is 20.1 Å². The second kappa shape index (κ2) is 8.38. The Labute approximate surface area is 174 Å². The molecule has 3 N–H and O–H groups in total. The molecule has 0 saturated carbocycles. The van der Waals surface area contributed by atoms with E-state index in [0.29, 0.717) is 0 Å². The van der Waals surface area contributed by atoms with E-state index in [1.54, 1.807) is 0 Å². The van der Waals surface area contributed by atoms with Crippen molar-refractivity contribution in [3.63, 3.8) is 0 Å². The summed E-state index contributed by atoms with van der Waals surface area (Å²) in [4.78, 5) is 7.23. The molecule has 3 aromatic rings. The van der Waals surface area contributed by atoms with Crippen LogP contribution in [0.15, 0.2) is 42.6 Å². The Morgan fingerprint density at radius 2 is 2.00 bits per heavy atom. The molecule has 1 aromatic carbocycles. The fourth-order valence-corrected chi connectivity index (χ4v) is 4.44. The van der Waals surface area contributed by atoms with E-state index in [9.17, 15) is 0 Å². The average Bonchev–Trinajstić information content (AvgIpc) is 3.05. The molecule has 8 heteroatoms. The molecule has 28 heavy (non-hydrogen) atoms. The molecule has 1 aliphatic heterocycles. The summed E-state index contributed by atoms with van der Waals surface area (Å²) >= 11 is 7.09. The lowest BCUT2D eigenvalue weighted by atomic mass is 10.1. The Morgan fingerprint density at radius 3 is 2.71 bits per heavy atom. The fourth-order valence-electron chi connectivity index (χ4n) is 3.41. The molecular weight excluding hydrogens is 388 g/mol. The lowest BCUT2D eigenvalue weighted by Crippen LogP contribution is -3.14. The van der Waals surface area contributed by atoms with Gasteiger partial charge in [0.05, 0.1) is 6.20 Å². The van der Waals surface area contributed by atoms with Crippen molar-refractivity contribution in [1.29, 1.82) is 0 Å². The highest BCUT2D eigenvalue weighted by Gasteiger charge is 2.26. The Balaban J connectivity index is 1.37. The number of pyridine rings is 1. The summed E-state index contributed by atoms with van der Waals surface area (Å²) in [6.45, 7) is 9.26. The van der Waals surface area contributed by atoms with Gasteiger partial charge in [0.15, 0.2) is 10.6 Å². The van der Waals surface area contributed by atoms with Gasteiger partial charge in [0.25, 0.3) is 5.82 Å². The molecule has 4 rings (SSSR count). The normalized spacial score (nSPS) is 15.0. The van der Waals surface area contributed by atoms with Crippen molar-refractivity contribution in [3.8, 4) is 0 Å². The van der Waals surface area contributed by atoms with E-state index in [-0.39, 0.29) is 0 Å². The van der Waals surface area contributed by atoms with Crippen molar-refractivity contribution >= 4 is 40.2 Å². The van der Waals surface area contributed by atoms with Gasteiger partial charge >= 0.3 is 0 Å². The predicted octanol–water partition coefficient (Wildman–Crippen LogP) is 2.21. The average molecular weight is 415 g/mol. The summed E-state index contributed by atoms with van der Waals surface area (Å²) in [6, 6.07) is 12.6. The van der Waals surface area contributed by atoms with Crippen LogP contribution in [0.5, 0.6) is 0 Å². The molecule has 2 aromatic heterocycles. The predicted molar refractivity (Wildman–Crippen MR) is 116 cm³/mol. The van der Waals surface area contributed by atoms with Gasteiger partial charge in [-0.1, -0.05) is 23.5 Å². The van der Waals surface area contributed by atoms with Gasteiger partial charge in [-0.05, 0) is 55.4 Å². The molecule has 146 valence electrons. The first-order valence-electron chi connectivity index (χ1n) is 9.56. The number of anilines is 3. The van der Waals surface area contributed by atoms with E-state index in [4.69, 9.17) is 17.3 Å². The molecule has 0 aliphatic carbocycles. The Morgan fingerprint density at radius 1 is 1.18 bits per heavy atom. The van der Waals surface area contributed by atoms with E-state index in [1.165, 1.54) is 33.2 Å². The maximum atomic E-state index is 5.55. The van der Waals surface area contributed by atoms with Crippen LogP contribution >= 0.6 is 23.6 Å². The van der Waals surface area contributed by atoms with Gasteiger partial charge in [-0.2, -0.15) is 4.68 Å². The lowest BCUT2D eigenvalue weighted by Gasteiger charge is -2.27. The number of piperazine rings is 1. The van der Waals surface area contributed by atoms with Crippen LogP contribution in [0.3, 0.4) is 0 Å². The maximum Gasteiger partial charge on any atom is 0.274 e. The molecule has 3 heterocycles.